The fourth-order valence-electron chi connectivity index (χ4n) is 6.19. The number of nitrogens with zero attached hydrogens (tertiary/aromatic N) is 5. The van der Waals surface area contributed by atoms with Crippen molar-refractivity contribution in [2.24, 2.45) is 0 Å². The molecule has 4 amide bonds. The number of carbonyl (C=O) groups is 6. The monoisotopic (exact) mass is 725 g/mol. The zero-order chi connectivity index (χ0) is 37.0. The molecule has 282 valence electrons. The standard InChI is InChI=1S/C35H47N7O10/c1-3-49-31(44)16-15-26(34(47)39-18-20-40(21-19-39)52-35(48)50-4-2)37-32(45)27-22-30(42(38-27)25-12-6-5-7-13-25)51-23-29(43)41-17-9-14-28(41)33(46)36-24-10-8-11-24/h5-7,12-13,22,24,26,28H,3-4,8-11,14-21,23H2,1-2H3,(H,36,46)(H,37,45)/t26-,28-/m0/s1. The van der Waals surface area contributed by atoms with Crippen molar-refractivity contribution in [2.45, 2.75) is 76.9 Å². The van der Waals surface area contributed by atoms with Gasteiger partial charge >= 0.3 is 12.1 Å². The van der Waals surface area contributed by atoms with Crippen LogP contribution >= 0.6 is 0 Å². The van der Waals surface area contributed by atoms with Gasteiger partial charge in [0.05, 0.1) is 32.0 Å². The summed E-state index contributed by atoms with van der Waals surface area (Å²) in [5, 5.41) is 11.6. The van der Waals surface area contributed by atoms with Gasteiger partial charge in [0.25, 0.3) is 11.8 Å². The first-order valence-corrected chi connectivity index (χ1v) is 17.9. The van der Waals surface area contributed by atoms with E-state index in [4.69, 9.17) is 19.0 Å². The fraction of sp³-hybridized carbons (Fsp3) is 0.571. The lowest BCUT2D eigenvalue weighted by molar-refractivity contribution is -0.157. The summed E-state index contributed by atoms with van der Waals surface area (Å²) in [6.45, 7) is 4.53. The van der Waals surface area contributed by atoms with Crippen LogP contribution in [0.25, 0.3) is 5.69 Å². The summed E-state index contributed by atoms with van der Waals surface area (Å²) in [4.78, 5) is 85.8. The number of likely N-dealkylation sites (tertiary alicyclic amines) is 1. The molecule has 1 aliphatic carbocycles. The number of benzene rings is 1. The maximum absolute atomic E-state index is 13.7. The van der Waals surface area contributed by atoms with E-state index in [1.807, 2.05) is 6.07 Å². The number of piperazine rings is 1. The van der Waals surface area contributed by atoms with Crippen LogP contribution in [-0.2, 0) is 33.5 Å². The van der Waals surface area contributed by atoms with Crippen LogP contribution in [0.1, 0.15) is 69.3 Å². The van der Waals surface area contributed by atoms with Gasteiger partial charge in [-0.3, -0.25) is 24.0 Å². The minimum absolute atomic E-state index is 0.0362. The SMILES string of the molecule is CCOC(=O)CC[C@H](NC(=O)c1cc(OCC(=O)N2CCC[C@H]2C(=O)NC2CCC2)n(-c2ccccc2)n1)C(=O)N1CCN(OC(=O)OCC)CC1. The van der Waals surface area contributed by atoms with Gasteiger partial charge < -0.3 is 39.5 Å². The summed E-state index contributed by atoms with van der Waals surface area (Å²) in [7, 11) is 0. The molecule has 3 fully saturated rings. The van der Waals surface area contributed by atoms with Crippen LogP contribution in [0.2, 0.25) is 0 Å². The van der Waals surface area contributed by atoms with Crippen molar-refractivity contribution < 1.29 is 47.8 Å². The Bertz CT molecular complexity index is 1570. The van der Waals surface area contributed by atoms with Crippen LogP contribution in [0, 0.1) is 0 Å². The first-order chi connectivity index (χ1) is 25.2. The highest BCUT2D eigenvalue weighted by molar-refractivity contribution is 5.96. The van der Waals surface area contributed by atoms with Gasteiger partial charge in [-0.1, -0.05) is 18.2 Å². The van der Waals surface area contributed by atoms with Crippen LogP contribution in [0.5, 0.6) is 5.88 Å². The Balaban J connectivity index is 1.27. The van der Waals surface area contributed by atoms with E-state index in [1.165, 1.54) is 25.6 Å². The molecule has 0 radical (unpaired) electrons. The lowest BCUT2D eigenvalue weighted by atomic mass is 9.93. The first kappa shape index (κ1) is 38.1. The molecule has 17 heteroatoms. The number of aromatic nitrogens is 2. The van der Waals surface area contributed by atoms with Crippen LogP contribution in [0.15, 0.2) is 36.4 Å². The van der Waals surface area contributed by atoms with E-state index < -0.39 is 36.0 Å². The largest absolute Gasteiger partial charge is 0.527 e. The van der Waals surface area contributed by atoms with E-state index >= 15 is 0 Å². The number of amides is 4. The molecule has 0 bridgehead atoms. The lowest BCUT2D eigenvalue weighted by Crippen LogP contribution is -2.55. The lowest BCUT2D eigenvalue weighted by Gasteiger charge is -2.35. The van der Waals surface area contributed by atoms with Crippen LogP contribution in [0.4, 0.5) is 4.79 Å². The number of rotatable bonds is 15. The maximum atomic E-state index is 13.7. The van der Waals surface area contributed by atoms with E-state index in [-0.39, 0.29) is 88.3 Å². The minimum Gasteiger partial charge on any atom is -0.467 e. The zero-order valence-electron chi connectivity index (χ0n) is 29.6. The number of esters is 1. The molecular formula is C35H47N7O10. The first-order valence-electron chi connectivity index (χ1n) is 17.9. The van der Waals surface area contributed by atoms with Gasteiger partial charge in [0.2, 0.25) is 17.7 Å². The fourth-order valence-corrected chi connectivity index (χ4v) is 6.19. The normalized spacial score (nSPS) is 18.2. The maximum Gasteiger partial charge on any atom is 0.527 e. The van der Waals surface area contributed by atoms with Crippen molar-refractivity contribution in [3.63, 3.8) is 0 Å². The molecular weight excluding hydrogens is 678 g/mol. The molecule has 2 aromatic rings. The topological polar surface area (TPSA) is 191 Å². The number of hydrogen-bond acceptors (Lipinski definition) is 12. The molecule has 2 saturated heterocycles. The molecule has 3 aliphatic rings. The summed E-state index contributed by atoms with van der Waals surface area (Å²) in [6, 6.07) is 8.74. The number of hydrogen-bond donors (Lipinski definition) is 2. The summed E-state index contributed by atoms with van der Waals surface area (Å²) < 4.78 is 17.2. The highest BCUT2D eigenvalue weighted by atomic mass is 16.8. The third kappa shape index (κ3) is 9.98. The molecule has 2 aliphatic heterocycles. The van der Waals surface area contributed by atoms with Crippen LogP contribution < -0.4 is 15.4 Å². The highest BCUT2D eigenvalue weighted by Gasteiger charge is 2.36. The van der Waals surface area contributed by atoms with Crippen LogP contribution in [0.3, 0.4) is 0 Å². The third-order valence-electron chi connectivity index (χ3n) is 9.14. The summed E-state index contributed by atoms with van der Waals surface area (Å²) in [5.74, 6) is -2.06. The van der Waals surface area contributed by atoms with Gasteiger partial charge in [-0.25, -0.2) is 9.48 Å². The van der Waals surface area contributed by atoms with E-state index in [2.05, 4.69) is 15.7 Å². The van der Waals surface area contributed by atoms with Gasteiger partial charge in [-0.15, -0.1) is 5.06 Å². The molecule has 52 heavy (non-hydrogen) atoms. The van der Waals surface area contributed by atoms with E-state index in [0.717, 1.165) is 19.3 Å². The van der Waals surface area contributed by atoms with Gasteiger partial charge in [0, 0.05) is 38.2 Å². The molecule has 2 N–H and O–H groups in total. The van der Waals surface area contributed by atoms with Gasteiger partial charge in [0.1, 0.15) is 12.1 Å². The van der Waals surface area contributed by atoms with Gasteiger partial charge in [-0.05, 0) is 64.5 Å². The van der Waals surface area contributed by atoms with Crippen molar-refractivity contribution >= 4 is 35.8 Å². The average Bonchev–Trinajstić information content (AvgIpc) is 3.80. The average molecular weight is 726 g/mol. The predicted molar refractivity (Wildman–Crippen MR) is 183 cm³/mol. The van der Waals surface area contributed by atoms with Crippen LogP contribution in [-0.4, -0.2) is 131 Å². The zero-order valence-corrected chi connectivity index (χ0v) is 29.6. The summed E-state index contributed by atoms with van der Waals surface area (Å²) in [5.41, 5.74) is 0.465. The minimum atomic E-state index is -1.11. The second-order valence-corrected chi connectivity index (χ2v) is 12.7. The van der Waals surface area contributed by atoms with Gasteiger partial charge in [0.15, 0.2) is 12.3 Å². The highest BCUT2D eigenvalue weighted by Crippen LogP contribution is 2.24. The Morgan fingerprint density at radius 1 is 0.904 bits per heavy atom. The predicted octanol–water partition coefficient (Wildman–Crippen LogP) is 1.58. The Morgan fingerprint density at radius 2 is 1.63 bits per heavy atom. The van der Waals surface area contributed by atoms with E-state index in [0.29, 0.717) is 25.1 Å². The second kappa shape index (κ2) is 18.3. The second-order valence-electron chi connectivity index (χ2n) is 12.7. The molecule has 1 aromatic heterocycles. The third-order valence-corrected chi connectivity index (χ3v) is 9.14. The molecule has 1 aromatic carbocycles. The number of para-hydroxylation sites is 1. The Hall–Kier alpha value is -5.19. The molecule has 3 heterocycles. The number of hydroxylamine groups is 2. The van der Waals surface area contributed by atoms with Gasteiger partial charge in [-0.2, -0.15) is 5.10 Å². The number of ether oxygens (including phenoxy) is 3. The summed E-state index contributed by atoms with van der Waals surface area (Å²) >= 11 is 0. The number of nitrogens with one attached hydrogen (secondary N) is 2. The molecule has 0 unspecified atom stereocenters. The molecule has 0 spiro atoms. The quantitative estimate of drug-likeness (QED) is 0.253. The Labute approximate surface area is 301 Å². The van der Waals surface area contributed by atoms with E-state index in [9.17, 15) is 28.8 Å². The van der Waals surface area contributed by atoms with E-state index in [1.54, 1.807) is 38.1 Å². The van der Waals surface area contributed by atoms with Crippen molar-refractivity contribution in [3.05, 3.63) is 42.1 Å². The molecule has 17 nitrogen and oxygen atoms in total. The Kier molecular flexibility index (Phi) is 13.4. The van der Waals surface area contributed by atoms with Crippen molar-refractivity contribution in [2.75, 3.05) is 52.5 Å². The van der Waals surface area contributed by atoms with Crippen molar-refractivity contribution in [3.8, 4) is 11.6 Å². The van der Waals surface area contributed by atoms with Crippen molar-refractivity contribution in [1.29, 1.82) is 0 Å². The molecule has 5 rings (SSSR count). The number of carbonyl (C=O) groups excluding carboxylic acids is 6. The molecule has 1 saturated carbocycles. The smallest absolute Gasteiger partial charge is 0.467 e. The Morgan fingerprint density at radius 3 is 2.31 bits per heavy atom. The van der Waals surface area contributed by atoms with Crippen molar-refractivity contribution in [1.82, 2.24) is 35.3 Å². The molecule has 2 atom stereocenters. The summed E-state index contributed by atoms with van der Waals surface area (Å²) in [6.07, 6.45) is 3.25.